The zero-order valence-electron chi connectivity index (χ0n) is 15.3. The maximum Gasteiger partial charge on any atom is 0.296 e. The molecule has 0 aliphatic rings. The molecule has 1 atom stereocenters. The van der Waals surface area contributed by atoms with E-state index in [1.807, 2.05) is 26.6 Å². The fourth-order valence-corrected chi connectivity index (χ4v) is 5.01. The molecule has 0 aliphatic heterocycles. The van der Waals surface area contributed by atoms with Crippen molar-refractivity contribution in [2.45, 2.75) is 59.0 Å². The van der Waals surface area contributed by atoms with E-state index in [1.165, 1.54) is 6.04 Å². The van der Waals surface area contributed by atoms with Gasteiger partial charge in [0.05, 0.1) is 5.92 Å². The molecule has 0 heterocycles. The average Bonchev–Trinajstić information content (AvgIpc) is 2.25. The Kier molecular flexibility index (Phi) is 9.00. The number of hydrogen-bond acceptors (Lipinski definition) is 4. The number of rotatable bonds is 10. The van der Waals surface area contributed by atoms with E-state index < -0.39 is 16.6 Å². The van der Waals surface area contributed by atoms with Crippen molar-refractivity contribution in [3.05, 3.63) is 0 Å². The molecule has 0 aromatic heterocycles. The molecule has 0 aliphatic carbocycles. The molecule has 126 valence electrons. The van der Waals surface area contributed by atoms with E-state index in [0.29, 0.717) is 0 Å². The van der Waals surface area contributed by atoms with Crippen molar-refractivity contribution in [3.63, 3.8) is 0 Å². The molecule has 0 radical (unpaired) electrons. The molecule has 0 fully saturated rings. The molecule has 4 nitrogen and oxygen atoms in total. The molecule has 1 unspecified atom stereocenters. The van der Waals surface area contributed by atoms with Gasteiger partial charge >= 0.3 is 0 Å². The van der Waals surface area contributed by atoms with Gasteiger partial charge in [-0.15, -0.1) is 0 Å². The maximum atomic E-state index is 12.0. The van der Waals surface area contributed by atoms with E-state index in [1.54, 1.807) is 0 Å². The Morgan fingerprint density at radius 2 is 1.76 bits per heavy atom. The second kappa shape index (κ2) is 9.07. The number of nitrogens with zero attached hydrogens (tertiary/aromatic N) is 1. The molecule has 0 saturated heterocycles. The fraction of sp³-hybridized carbons (Fsp3) is 0.933. The summed E-state index contributed by atoms with van der Waals surface area (Å²) in [5.74, 6) is -0.107. The predicted octanol–water partition coefficient (Wildman–Crippen LogP) is 3.56. The summed E-state index contributed by atoms with van der Waals surface area (Å²) >= 11 is 0. The summed E-state index contributed by atoms with van der Waals surface area (Å²) in [6.45, 7) is 17.3. The first-order chi connectivity index (χ1) is 9.47. The molecule has 0 saturated carbocycles. The molecule has 0 spiro atoms. The SMILES string of the molecule is CCO[Si](C)(C)CCCN(C)CC(C)C(=O)O[Si](C)(C)C. The first-order valence-corrected chi connectivity index (χ1v) is 14.5. The summed E-state index contributed by atoms with van der Waals surface area (Å²) in [5.41, 5.74) is 0. The summed E-state index contributed by atoms with van der Waals surface area (Å²) in [4.78, 5) is 14.2. The van der Waals surface area contributed by atoms with Crippen molar-refractivity contribution in [1.29, 1.82) is 0 Å². The summed E-state index contributed by atoms with van der Waals surface area (Å²) < 4.78 is 11.4. The van der Waals surface area contributed by atoms with Crippen LogP contribution in [0.2, 0.25) is 38.8 Å². The largest absolute Gasteiger partial charge is 0.520 e. The van der Waals surface area contributed by atoms with Crippen LogP contribution in [0.25, 0.3) is 0 Å². The molecular weight excluding hydrogens is 298 g/mol. The molecular formula is C15H35NO3Si2. The molecule has 0 aromatic carbocycles. The standard InChI is InChI=1S/C15H35NO3Si2/c1-9-18-21(7,8)12-10-11-16(3)13-14(2)15(17)19-20(4,5)6/h14H,9-13H2,1-8H3. The van der Waals surface area contributed by atoms with E-state index in [2.05, 4.69) is 32.0 Å². The summed E-state index contributed by atoms with van der Waals surface area (Å²) in [7, 11) is -1.17. The van der Waals surface area contributed by atoms with Crippen LogP contribution in [0.5, 0.6) is 0 Å². The van der Waals surface area contributed by atoms with Gasteiger partial charge in [-0.1, -0.05) is 6.92 Å². The Hall–Kier alpha value is -0.176. The number of hydrogen-bond donors (Lipinski definition) is 0. The third-order valence-corrected chi connectivity index (χ3v) is 6.69. The van der Waals surface area contributed by atoms with Crippen LogP contribution in [-0.4, -0.2) is 54.2 Å². The lowest BCUT2D eigenvalue weighted by Crippen LogP contribution is -2.37. The average molecular weight is 334 g/mol. The Bertz CT molecular complexity index is 317. The molecule has 0 N–H and O–H groups in total. The van der Waals surface area contributed by atoms with E-state index in [-0.39, 0.29) is 11.9 Å². The zero-order chi connectivity index (χ0) is 16.7. The van der Waals surface area contributed by atoms with Crippen molar-refractivity contribution < 1.29 is 13.6 Å². The molecule has 0 bridgehead atoms. The normalized spacial score (nSPS) is 14.3. The summed E-state index contributed by atoms with van der Waals surface area (Å²) in [6, 6.07) is 1.17. The van der Waals surface area contributed by atoms with Gasteiger partial charge < -0.3 is 13.8 Å². The quantitative estimate of drug-likeness (QED) is 0.573. The van der Waals surface area contributed by atoms with Crippen LogP contribution in [0.15, 0.2) is 0 Å². The smallest absolute Gasteiger partial charge is 0.296 e. The van der Waals surface area contributed by atoms with Gasteiger partial charge in [0.2, 0.25) is 8.32 Å². The van der Waals surface area contributed by atoms with Crippen LogP contribution in [0.4, 0.5) is 0 Å². The molecule has 21 heavy (non-hydrogen) atoms. The molecule has 6 heteroatoms. The fourth-order valence-electron chi connectivity index (χ4n) is 2.27. The molecule has 0 rings (SSSR count). The third kappa shape index (κ3) is 11.1. The van der Waals surface area contributed by atoms with Crippen LogP contribution < -0.4 is 0 Å². The molecule has 0 aromatic rings. The second-order valence-corrected chi connectivity index (χ2v) is 16.2. The van der Waals surface area contributed by atoms with Gasteiger partial charge in [-0.2, -0.15) is 0 Å². The van der Waals surface area contributed by atoms with Gasteiger partial charge in [-0.25, -0.2) is 0 Å². The van der Waals surface area contributed by atoms with Gasteiger partial charge in [-0.3, -0.25) is 4.79 Å². The maximum absolute atomic E-state index is 12.0. The van der Waals surface area contributed by atoms with E-state index in [4.69, 9.17) is 8.85 Å². The number of carbonyl (C=O) groups excluding carboxylic acids is 1. The van der Waals surface area contributed by atoms with E-state index in [9.17, 15) is 4.79 Å². The highest BCUT2D eigenvalue weighted by atomic mass is 28.4. The predicted molar refractivity (Wildman–Crippen MR) is 94.6 cm³/mol. The third-order valence-electron chi connectivity index (χ3n) is 3.25. The Morgan fingerprint density at radius 3 is 2.24 bits per heavy atom. The van der Waals surface area contributed by atoms with Crippen LogP contribution >= 0.6 is 0 Å². The minimum atomic E-state index is -1.77. The topological polar surface area (TPSA) is 38.8 Å². The van der Waals surface area contributed by atoms with Crippen molar-refractivity contribution >= 4 is 22.6 Å². The summed E-state index contributed by atoms with van der Waals surface area (Å²) in [6.07, 6.45) is 1.13. The van der Waals surface area contributed by atoms with Crippen LogP contribution in [0.3, 0.4) is 0 Å². The van der Waals surface area contributed by atoms with Crippen LogP contribution in [0, 0.1) is 5.92 Å². The second-order valence-electron chi connectivity index (χ2n) is 7.49. The highest BCUT2D eigenvalue weighted by Crippen LogP contribution is 2.14. The Morgan fingerprint density at radius 1 is 1.19 bits per heavy atom. The first kappa shape index (κ1) is 20.8. The van der Waals surface area contributed by atoms with Crippen molar-refractivity contribution in [2.24, 2.45) is 5.92 Å². The van der Waals surface area contributed by atoms with Crippen molar-refractivity contribution in [1.82, 2.24) is 4.90 Å². The van der Waals surface area contributed by atoms with Gasteiger partial charge in [0, 0.05) is 13.2 Å². The number of carbonyl (C=O) groups is 1. The lowest BCUT2D eigenvalue weighted by atomic mass is 10.2. The zero-order valence-corrected chi connectivity index (χ0v) is 17.3. The molecule has 0 amide bonds. The highest BCUT2D eigenvalue weighted by molar-refractivity contribution is 6.71. The van der Waals surface area contributed by atoms with Gasteiger partial charge in [-0.05, 0) is 65.7 Å². The monoisotopic (exact) mass is 333 g/mol. The van der Waals surface area contributed by atoms with Crippen LogP contribution in [0.1, 0.15) is 20.3 Å². The van der Waals surface area contributed by atoms with E-state index >= 15 is 0 Å². The van der Waals surface area contributed by atoms with E-state index in [0.717, 1.165) is 26.1 Å². The lowest BCUT2D eigenvalue weighted by molar-refractivity contribution is -0.139. The highest BCUT2D eigenvalue weighted by Gasteiger charge is 2.25. The first-order valence-electron chi connectivity index (χ1n) is 8.02. The summed E-state index contributed by atoms with van der Waals surface area (Å²) in [5, 5.41) is 0. The van der Waals surface area contributed by atoms with Crippen molar-refractivity contribution in [2.75, 3.05) is 26.7 Å². The minimum absolute atomic E-state index is 0.0509. The Labute approximate surface area is 133 Å². The lowest BCUT2D eigenvalue weighted by Gasteiger charge is -2.26. The van der Waals surface area contributed by atoms with Crippen LogP contribution in [-0.2, 0) is 13.6 Å². The van der Waals surface area contributed by atoms with Gasteiger partial charge in [0.1, 0.15) is 0 Å². The Balaban J connectivity index is 4.03. The minimum Gasteiger partial charge on any atom is -0.520 e. The van der Waals surface area contributed by atoms with Gasteiger partial charge in [0.25, 0.3) is 5.97 Å². The van der Waals surface area contributed by atoms with Crippen molar-refractivity contribution in [3.8, 4) is 0 Å². The van der Waals surface area contributed by atoms with Gasteiger partial charge in [0.15, 0.2) is 8.32 Å².